The number of hydrogen-bond acceptors (Lipinski definition) is 3. The third kappa shape index (κ3) is 32.7. The van der Waals surface area contributed by atoms with Crippen molar-refractivity contribution in [2.75, 3.05) is 0 Å². The number of esters is 1. The van der Waals surface area contributed by atoms with Gasteiger partial charge in [0.2, 0.25) is 0 Å². The normalized spacial score (nSPS) is 12.6. The Morgan fingerprint density at radius 3 is 1.55 bits per heavy atom. The third-order valence-corrected chi connectivity index (χ3v) is 7.88. The third-order valence-electron chi connectivity index (χ3n) is 7.88. The molecule has 0 heterocycles. The number of carbonyl (C=O) groups excluding carboxylic acids is 1. The molecular formula is C38H68O4. The van der Waals surface area contributed by atoms with Crippen LogP contribution in [0.5, 0.6) is 0 Å². The minimum Gasteiger partial charge on any atom is -0.481 e. The van der Waals surface area contributed by atoms with Crippen LogP contribution < -0.4 is 0 Å². The molecule has 0 aromatic rings. The number of unbranched alkanes of at least 4 members (excludes halogenated alkanes) is 17. The van der Waals surface area contributed by atoms with Gasteiger partial charge in [0.05, 0.1) is 0 Å². The van der Waals surface area contributed by atoms with Crippen LogP contribution in [0.4, 0.5) is 0 Å². The van der Waals surface area contributed by atoms with Crippen molar-refractivity contribution < 1.29 is 19.4 Å². The maximum atomic E-state index is 12.6. The Bertz CT molecular complexity index is 679. The second kappa shape index (κ2) is 33.7. The highest BCUT2D eigenvalue weighted by Gasteiger charge is 2.14. The Morgan fingerprint density at radius 1 is 0.548 bits per heavy atom. The van der Waals surface area contributed by atoms with Crippen LogP contribution in [0.1, 0.15) is 187 Å². The monoisotopic (exact) mass is 589 g/mol. The van der Waals surface area contributed by atoms with E-state index in [1.54, 1.807) is 0 Å². The fourth-order valence-corrected chi connectivity index (χ4v) is 5.26. The van der Waals surface area contributed by atoms with Gasteiger partial charge in [0.15, 0.2) is 0 Å². The van der Waals surface area contributed by atoms with E-state index in [0.29, 0.717) is 6.42 Å². The van der Waals surface area contributed by atoms with E-state index in [-0.39, 0.29) is 18.5 Å². The van der Waals surface area contributed by atoms with Gasteiger partial charge in [-0.25, -0.2) is 0 Å². The average molecular weight is 589 g/mol. The molecule has 0 aliphatic carbocycles. The Hall–Kier alpha value is -1.84. The first kappa shape index (κ1) is 40.2. The van der Waals surface area contributed by atoms with Gasteiger partial charge in [-0.2, -0.15) is 0 Å². The van der Waals surface area contributed by atoms with E-state index in [1.807, 2.05) is 0 Å². The van der Waals surface area contributed by atoms with Crippen LogP contribution in [0.25, 0.3) is 0 Å². The van der Waals surface area contributed by atoms with E-state index in [1.165, 1.54) is 64.2 Å². The fraction of sp³-hybridized carbons (Fsp3) is 0.789. The summed E-state index contributed by atoms with van der Waals surface area (Å²) in [6.45, 7) is 4.42. The summed E-state index contributed by atoms with van der Waals surface area (Å²) in [6, 6.07) is 0. The molecular weight excluding hydrogens is 520 g/mol. The maximum absolute atomic E-state index is 12.6. The first-order valence-corrected chi connectivity index (χ1v) is 18.0. The van der Waals surface area contributed by atoms with Crippen LogP contribution in [0.2, 0.25) is 0 Å². The number of hydrogen-bond donors (Lipinski definition) is 1. The van der Waals surface area contributed by atoms with E-state index in [9.17, 15) is 9.59 Å². The molecule has 1 unspecified atom stereocenters. The van der Waals surface area contributed by atoms with Crippen molar-refractivity contribution in [2.45, 2.75) is 193 Å². The summed E-state index contributed by atoms with van der Waals surface area (Å²) in [5.74, 6) is -0.701. The smallest absolute Gasteiger partial charge is 0.306 e. The van der Waals surface area contributed by atoms with Crippen LogP contribution in [-0.4, -0.2) is 23.1 Å². The molecule has 0 spiro atoms. The van der Waals surface area contributed by atoms with Crippen molar-refractivity contribution in [3.8, 4) is 0 Å². The van der Waals surface area contributed by atoms with Crippen molar-refractivity contribution in [3.05, 3.63) is 36.5 Å². The van der Waals surface area contributed by atoms with Crippen molar-refractivity contribution in [2.24, 2.45) is 0 Å². The molecule has 4 nitrogen and oxygen atoms in total. The van der Waals surface area contributed by atoms with E-state index in [4.69, 9.17) is 9.84 Å². The average Bonchev–Trinajstić information content (AvgIpc) is 2.97. The predicted octanol–water partition coefficient (Wildman–Crippen LogP) is 12.2. The quantitative estimate of drug-likeness (QED) is 0.0482. The van der Waals surface area contributed by atoms with Crippen LogP contribution in [-0.2, 0) is 14.3 Å². The summed E-state index contributed by atoms with van der Waals surface area (Å²) in [5, 5.41) is 8.76. The van der Waals surface area contributed by atoms with Crippen LogP contribution >= 0.6 is 0 Å². The molecule has 1 atom stereocenters. The van der Waals surface area contributed by atoms with Gasteiger partial charge in [0.1, 0.15) is 6.10 Å². The lowest BCUT2D eigenvalue weighted by Crippen LogP contribution is -2.18. The molecule has 244 valence electrons. The Labute approximate surface area is 260 Å². The largest absolute Gasteiger partial charge is 0.481 e. The zero-order chi connectivity index (χ0) is 30.8. The fourth-order valence-electron chi connectivity index (χ4n) is 5.26. The number of aliphatic carboxylic acids is 1. The minimum atomic E-state index is -0.695. The lowest BCUT2D eigenvalue weighted by Gasteiger charge is -2.18. The second-order valence-electron chi connectivity index (χ2n) is 12.0. The summed E-state index contributed by atoms with van der Waals surface area (Å²) in [5.41, 5.74) is 0. The summed E-state index contributed by atoms with van der Waals surface area (Å²) in [6.07, 6.45) is 43.0. The number of allylic oxidation sites excluding steroid dienone is 6. The lowest BCUT2D eigenvalue weighted by molar-refractivity contribution is -0.150. The van der Waals surface area contributed by atoms with Gasteiger partial charge in [-0.05, 0) is 70.6 Å². The first-order chi connectivity index (χ1) is 20.6. The van der Waals surface area contributed by atoms with Gasteiger partial charge >= 0.3 is 11.9 Å². The lowest BCUT2D eigenvalue weighted by atomic mass is 10.0. The molecule has 0 aliphatic heterocycles. The SMILES string of the molecule is CC/C=C\C/C=C\C/C=C\CCCCCCCC(=O)OC(CCCCCCCCCC)CCCCCCCCC(=O)O. The number of carboxylic acids is 1. The van der Waals surface area contributed by atoms with Gasteiger partial charge in [-0.3, -0.25) is 9.59 Å². The predicted molar refractivity (Wildman–Crippen MR) is 181 cm³/mol. The Balaban J connectivity index is 4.05. The highest BCUT2D eigenvalue weighted by Crippen LogP contribution is 2.19. The van der Waals surface area contributed by atoms with Crippen molar-refractivity contribution in [1.82, 2.24) is 0 Å². The summed E-state index contributed by atoms with van der Waals surface area (Å²) in [4.78, 5) is 23.2. The van der Waals surface area contributed by atoms with Gasteiger partial charge in [-0.1, -0.05) is 140 Å². The zero-order valence-electron chi connectivity index (χ0n) is 27.8. The summed E-state index contributed by atoms with van der Waals surface area (Å²) < 4.78 is 5.98. The van der Waals surface area contributed by atoms with Gasteiger partial charge in [-0.15, -0.1) is 0 Å². The number of rotatable bonds is 32. The molecule has 1 N–H and O–H groups in total. The van der Waals surface area contributed by atoms with Crippen molar-refractivity contribution in [3.63, 3.8) is 0 Å². The van der Waals surface area contributed by atoms with E-state index < -0.39 is 5.97 Å². The minimum absolute atomic E-state index is 0.00518. The van der Waals surface area contributed by atoms with Gasteiger partial charge < -0.3 is 9.84 Å². The topological polar surface area (TPSA) is 63.6 Å². The molecule has 0 rings (SSSR count). The molecule has 0 aliphatic rings. The van der Waals surface area contributed by atoms with Crippen LogP contribution in [0, 0.1) is 0 Å². The molecule has 0 bridgehead atoms. The summed E-state index contributed by atoms with van der Waals surface area (Å²) in [7, 11) is 0. The van der Waals surface area contributed by atoms with E-state index in [2.05, 4.69) is 50.3 Å². The van der Waals surface area contributed by atoms with Crippen molar-refractivity contribution in [1.29, 1.82) is 0 Å². The zero-order valence-corrected chi connectivity index (χ0v) is 27.8. The van der Waals surface area contributed by atoms with Crippen LogP contribution in [0.3, 0.4) is 0 Å². The molecule has 0 amide bonds. The first-order valence-electron chi connectivity index (χ1n) is 18.0. The summed E-state index contributed by atoms with van der Waals surface area (Å²) >= 11 is 0. The Morgan fingerprint density at radius 2 is 1.00 bits per heavy atom. The van der Waals surface area contributed by atoms with Gasteiger partial charge in [0.25, 0.3) is 0 Å². The number of carboxylic acid groups (broad SMARTS) is 1. The molecule has 0 fully saturated rings. The molecule has 0 aromatic heterocycles. The molecule has 0 saturated carbocycles. The second-order valence-corrected chi connectivity index (χ2v) is 12.0. The van der Waals surface area contributed by atoms with Crippen LogP contribution in [0.15, 0.2) is 36.5 Å². The number of ether oxygens (including phenoxy) is 1. The Kier molecular flexibility index (Phi) is 32.2. The molecule has 4 heteroatoms. The van der Waals surface area contributed by atoms with Crippen molar-refractivity contribution >= 4 is 11.9 Å². The van der Waals surface area contributed by atoms with E-state index >= 15 is 0 Å². The van der Waals surface area contributed by atoms with Gasteiger partial charge in [0, 0.05) is 12.8 Å². The molecule has 0 aromatic carbocycles. The molecule has 42 heavy (non-hydrogen) atoms. The maximum Gasteiger partial charge on any atom is 0.306 e. The highest BCUT2D eigenvalue weighted by molar-refractivity contribution is 5.69. The highest BCUT2D eigenvalue weighted by atomic mass is 16.5. The van der Waals surface area contributed by atoms with E-state index in [0.717, 1.165) is 96.3 Å². The molecule has 0 radical (unpaired) electrons. The molecule has 0 saturated heterocycles. The standard InChI is InChI=1S/C38H68O4/c1-3-5-7-9-11-13-14-15-16-17-18-19-21-27-31-35-38(41)42-36(32-28-24-20-12-10-8-6-4-2)33-29-25-22-23-26-30-34-37(39)40/h5,7,11,13,15-16,36H,3-4,6,8-10,12,14,17-35H2,1-2H3,(H,39,40)/b7-5-,13-11-,16-15-. The number of carbonyl (C=O) groups is 2.